The maximum atomic E-state index is 12.5. The number of nitrogens with zero attached hydrogens (tertiary/aromatic N) is 2. The lowest BCUT2D eigenvalue weighted by Crippen LogP contribution is -2.35. The minimum absolute atomic E-state index is 0. The third kappa shape index (κ3) is 3.77. The smallest absolute Gasteiger partial charge is 0.227 e. The van der Waals surface area contributed by atoms with Gasteiger partial charge in [0.1, 0.15) is 5.76 Å². The van der Waals surface area contributed by atoms with Crippen molar-refractivity contribution in [3.63, 3.8) is 0 Å². The number of amides is 1. The van der Waals surface area contributed by atoms with Gasteiger partial charge in [-0.15, -0.1) is 12.4 Å². The molecule has 2 unspecified atom stereocenters. The first-order valence-corrected chi connectivity index (χ1v) is 7.56. The molecule has 5 nitrogen and oxygen atoms in total. The van der Waals surface area contributed by atoms with Gasteiger partial charge in [0, 0.05) is 24.6 Å². The zero-order valence-electron chi connectivity index (χ0n) is 13.1. The first-order chi connectivity index (χ1) is 9.60. The Bertz CT molecular complexity index is 454. The third-order valence-electron chi connectivity index (χ3n) is 4.25. The average molecular weight is 316 g/mol. The first-order valence-electron chi connectivity index (χ1n) is 7.56. The van der Waals surface area contributed by atoms with Crippen molar-refractivity contribution >= 4 is 18.3 Å². The van der Waals surface area contributed by atoms with Crippen LogP contribution in [-0.2, 0) is 24.1 Å². The van der Waals surface area contributed by atoms with Crippen LogP contribution < -0.4 is 5.73 Å². The van der Waals surface area contributed by atoms with Crippen LogP contribution in [-0.4, -0.2) is 35.1 Å². The van der Waals surface area contributed by atoms with Gasteiger partial charge >= 0.3 is 0 Å². The van der Waals surface area contributed by atoms with Crippen molar-refractivity contribution in [3.05, 3.63) is 17.0 Å². The number of hydrogen-bond acceptors (Lipinski definition) is 4. The Morgan fingerprint density at radius 2 is 2.14 bits per heavy atom. The molecule has 2 atom stereocenters. The quantitative estimate of drug-likeness (QED) is 0.901. The molecule has 2 N–H and O–H groups in total. The molecule has 1 aromatic heterocycles. The molecule has 0 aromatic carbocycles. The molecule has 0 spiro atoms. The van der Waals surface area contributed by atoms with E-state index in [4.69, 9.17) is 10.3 Å². The van der Waals surface area contributed by atoms with Crippen molar-refractivity contribution in [2.45, 2.75) is 52.5 Å². The van der Waals surface area contributed by atoms with E-state index in [1.54, 1.807) is 0 Å². The standard InChI is InChI=1S/C15H25N3O2.ClH/c1-4-13-12(14(5-2)20-17-13)7-15(19)18-9-11(8-16)6-10(18)3;/h10-11H,4-9,16H2,1-3H3;1H. The molecule has 0 radical (unpaired) electrons. The third-order valence-corrected chi connectivity index (χ3v) is 4.25. The van der Waals surface area contributed by atoms with E-state index in [-0.39, 0.29) is 24.4 Å². The average Bonchev–Trinajstić information content (AvgIpc) is 3.01. The van der Waals surface area contributed by atoms with Gasteiger partial charge in [-0.25, -0.2) is 0 Å². The van der Waals surface area contributed by atoms with E-state index in [2.05, 4.69) is 12.1 Å². The summed E-state index contributed by atoms with van der Waals surface area (Å²) in [6, 6.07) is 0.283. The maximum absolute atomic E-state index is 12.5. The van der Waals surface area contributed by atoms with Gasteiger partial charge in [0.05, 0.1) is 12.1 Å². The van der Waals surface area contributed by atoms with Gasteiger partial charge in [-0.05, 0) is 32.2 Å². The molecular formula is C15H26ClN3O2. The maximum Gasteiger partial charge on any atom is 0.227 e. The second-order valence-corrected chi connectivity index (χ2v) is 5.65. The number of aromatic nitrogens is 1. The number of halogens is 1. The predicted octanol–water partition coefficient (Wildman–Crippen LogP) is 1.96. The van der Waals surface area contributed by atoms with E-state index < -0.39 is 0 Å². The molecule has 2 heterocycles. The van der Waals surface area contributed by atoms with Gasteiger partial charge in [0.15, 0.2) is 0 Å². The van der Waals surface area contributed by atoms with E-state index in [9.17, 15) is 4.79 Å². The fourth-order valence-corrected chi connectivity index (χ4v) is 3.05. The summed E-state index contributed by atoms with van der Waals surface area (Å²) in [5.41, 5.74) is 7.63. The molecular weight excluding hydrogens is 290 g/mol. The van der Waals surface area contributed by atoms with Gasteiger partial charge in [0.25, 0.3) is 0 Å². The largest absolute Gasteiger partial charge is 0.361 e. The van der Waals surface area contributed by atoms with Gasteiger partial charge in [-0.3, -0.25) is 4.79 Å². The number of nitrogens with two attached hydrogens (primary N) is 1. The molecule has 1 amide bonds. The number of likely N-dealkylation sites (tertiary alicyclic amines) is 1. The van der Waals surface area contributed by atoms with Crippen molar-refractivity contribution in [1.82, 2.24) is 10.1 Å². The summed E-state index contributed by atoms with van der Waals surface area (Å²) in [5.74, 6) is 1.45. The highest BCUT2D eigenvalue weighted by Gasteiger charge is 2.32. The minimum atomic E-state index is 0. The van der Waals surface area contributed by atoms with Gasteiger partial charge in [0.2, 0.25) is 5.91 Å². The molecule has 1 saturated heterocycles. The zero-order valence-corrected chi connectivity index (χ0v) is 13.9. The van der Waals surface area contributed by atoms with Crippen molar-refractivity contribution in [3.8, 4) is 0 Å². The minimum Gasteiger partial charge on any atom is -0.361 e. The second kappa shape index (κ2) is 7.80. The molecule has 6 heteroatoms. The van der Waals surface area contributed by atoms with Crippen LogP contribution >= 0.6 is 12.4 Å². The van der Waals surface area contributed by atoms with E-state index >= 15 is 0 Å². The summed E-state index contributed by atoms with van der Waals surface area (Å²) in [6.07, 6.45) is 2.98. The summed E-state index contributed by atoms with van der Waals surface area (Å²) in [5, 5.41) is 4.07. The highest BCUT2D eigenvalue weighted by Crippen LogP contribution is 2.24. The van der Waals surface area contributed by atoms with Crippen molar-refractivity contribution in [2.24, 2.45) is 11.7 Å². The molecule has 2 rings (SSSR count). The van der Waals surface area contributed by atoms with E-state index in [1.807, 2.05) is 18.7 Å². The summed E-state index contributed by atoms with van der Waals surface area (Å²) in [7, 11) is 0. The number of carbonyl (C=O) groups excluding carboxylic acids is 1. The Balaban J connectivity index is 0.00000220. The fourth-order valence-electron chi connectivity index (χ4n) is 3.05. The molecule has 1 aliphatic rings. The Morgan fingerprint density at radius 1 is 1.43 bits per heavy atom. The van der Waals surface area contributed by atoms with Crippen molar-refractivity contribution in [2.75, 3.05) is 13.1 Å². The molecule has 0 bridgehead atoms. The normalized spacial score (nSPS) is 21.4. The van der Waals surface area contributed by atoms with E-state index in [0.29, 0.717) is 18.9 Å². The number of rotatable bonds is 5. The predicted molar refractivity (Wildman–Crippen MR) is 84.5 cm³/mol. The van der Waals surface area contributed by atoms with Gasteiger partial charge in [-0.2, -0.15) is 0 Å². The van der Waals surface area contributed by atoms with Crippen molar-refractivity contribution in [1.29, 1.82) is 0 Å². The van der Waals surface area contributed by atoms with Crippen LogP contribution in [0.15, 0.2) is 4.52 Å². The topological polar surface area (TPSA) is 72.4 Å². The van der Waals surface area contributed by atoms with E-state index in [0.717, 1.165) is 42.8 Å². The van der Waals surface area contributed by atoms with Crippen LogP contribution in [0.3, 0.4) is 0 Å². The lowest BCUT2D eigenvalue weighted by atomic mass is 10.1. The Morgan fingerprint density at radius 3 is 2.67 bits per heavy atom. The van der Waals surface area contributed by atoms with Gasteiger partial charge in [-0.1, -0.05) is 19.0 Å². The Kier molecular flexibility index (Phi) is 6.68. The molecule has 120 valence electrons. The number of aryl methyl sites for hydroxylation is 2. The highest BCUT2D eigenvalue weighted by atomic mass is 35.5. The van der Waals surface area contributed by atoms with Crippen LogP contribution in [0.5, 0.6) is 0 Å². The number of hydrogen-bond donors (Lipinski definition) is 1. The van der Waals surface area contributed by atoms with Crippen LogP contribution in [0.2, 0.25) is 0 Å². The second-order valence-electron chi connectivity index (χ2n) is 5.65. The summed E-state index contributed by atoms with van der Waals surface area (Å²) < 4.78 is 5.33. The first kappa shape index (κ1) is 18.0. The van der Waals surface area contributed by atoms with Crippen LogP contribution in [0.4, 0.5) is 0 Å². The lowest BCUT2D eigenvalue weighted by molar-refractivity contribution is -0.131. The zero-order chi connectivity index (χ0) is 14.7. The molecule has 1 aliphatic heterocycles. The monoisotopic (exact) mass is 315 g/mol. The van der Waals surface area contributed by atoms with Crippen molar-refractivity contribution < 1.29 is 9.32 Å². The lowest BCUT2D eigenvalue weighted by Gasteiger charge is -2.21. The molecule has 1 aromatic rings. The Hall–Kier alpha value is -1.07. The SMILES string of the molecule is CCc1noc(CC)c1CC(=O)N1CC(CN)CC1C.Cl. The van der Waals surface area contributed by atoms with Gasteiger partial charge < -0.3 is 15.2 Å². The summed E-state index contributed by atoms with van der Waals surface area (Å²) >= 11 is 0. The fraction of sp³-hybridized carbons (Fsp3) is 0.733. The molecule has 0 saturated carbocycles. The molecule has 21 heavy (non-hydrogen) atoms. The Labute approximate surface area is 132 Å². The number of carbonyl (C=O) groups is 1. The van der Waals surface area contributed by atoms with Crippen LogP contribution in [0, 0.1) is 5.92 Å². The van der Waals surface area contributed by atoms with Crippen LogP contribution in [0.25, 0.3) is 0 Å². The van der Waals surface area contributed by atoms with Crippen LogP contribution in [0.1, 0.15) is 44.2 Å². The summed E-state index contributed by atoms with van der Waals surface area (Å²) in [4.78, 5) is 14.5. The highest BCUT2D eigenvalue weighted by molar-refractivity contribution is 5.85. The molecule has 0 aliphatic carbocycles. The summed E-state index contributed by atoms with van der Waals surface area (Å²) in [6.45, 7) is 7.60. The molecule has 1 fully saturated rings. The van der Waals surface area contributed by atoms with E-state index in [1.165, 1.54) is 0 Å².